The Bertz CT molecular complexity index is 650. The fourth-order valence-corrected chi connectivity index (χ4v) is 2.69. The molecule has 0 aliphatic heterocycles. The van der Waals surface area contributed by atoms with Gasteiger partial charge in [-0.25, -0.2) is 4.39 Å². The maximum absolute atomic E-state index is 13.2. The van der Waals surface area contributed by atoms with Crippen molar-refractivity contribution in [2.45, 2.75) is 44.6 Å². The molecule has 1 fully saturated rings. The van der Waals surface area contributed by atoms with Gasteiger partial charge in [-0.05, 0) is 25.0 Å². The van der Waals surface area contributed by atoms with E-state index in [9.17, 15) is 9.18 Å². The predicted octanol–water partition coefficient (Wildman–Crippen LogP) is 2.87. The summed E-state index contributed by atoms with van der Waals surface area (Å²) in [5, 5.41) is 6.84. The van der Waals surface area contributed by atoms with Crippen molar-refractivity contribution in [3.8, 4) is 11.4 Å². The zero-order chi connectivity index (χ0) is 15.4. The molecule has 2 aromatic rings. The highest BCUT2D eigenvalue weighted by atomic mass is 19.1. The molecule has 1 heterocycles. The van der Waals surface area contributed by atoms with Crippen LogP contribution in [0.15, 0.2) is 28.8 Å². The van der Waals surface area contributed by atoms with Crippen LogP contribution in [0.5, 0.6) is 0 Å². The van der Waals surface area contributed by atoms with Crippen LogP contribution in [0.1, 0.15) is 38.0 Å². The van der Waals surface area contributed by atoms with Gasteiger partial charge in [-0.1, -0.05) is 30.1 Å². The molecule has 0 spiro atoms. The van der Waals surface area contributed by atoms with Crippen LogP contribution in [0.3, 0.4) is 0 Å². The molecule has 0 unspecified atom stereocenters. The van der Waals surface area contributed by atoms with Crippen molar-refractivity contribution >= 4 is 5.91 Å². The zero-order valence-electron chi connectivity index (χ0n) is 12.2. The molecule has 0 saturated heterocycles. The van der Waals surface area contributed by atoms with Crippen molar-refractivity contribution in [3.63, 3.8) is 0 Å². The molecule has 1 N–H and O–H groups in total. The van der Waals surface area contributed by atoms with Crippen molar-refractivity contribution in [3.05, 3.63) is 36.0 Å². The highest BCUT2D eigenvalue weighted by molar-refractivity contribution is 5.76. The fourth-order valence-electron chi connectivity index (χ4n) is 2.69. The SMILES string of the molecule is O=C(CCc1nc(-c2cccc(F)c2)no1)NC1CCCC1. The third-order valence-electron chi connectivity index (χ3n) is 3.84. The second kappa shape index (κ2) is 6.68. The lowest BCUT2D eigenvalue weighted by atomic mass is 10.2. The van der Waals surface area contributed by atoms with Crippen molar-refractivity contribution in [1.29, 1.82) is 0 Å². The average Bonchev–Trinajstić information content (AvgIpc) is 3.16. The van der Waals surface area contributed by atoms with E-state index in [1.54, 1.807) is 12.1 Å². The molecular formula is C16H18FN3O2. The largest absolute Gasteiger partial charge is 0.353 e. The van der Waals surface area contributed by atoms with Crippen LogP contribution in [-0.4, -0.2) is 22.1 Å². The third kappa shape index (κ3) is 3.69. The van der Waals surface area contributed by atoms with Gasteiger partial charge in [-0.15, -0.1) is 0 Å². The maximum atomic E-state index is 13.2. The Labute approximate surface area is 127 Å². The second-order valence-electron chi connectivity index (χ2n) is 5.57. The monoisotopic (exact) mass is 303 g/mol. The number of hydrogen-bond donors (Lipinski definition) is 1. The van der Waals surface area contributed by atoms with Crippen molar-refractivity contribution in [1.82, 2.24) is 15.5 Å². The Hall–Kier alpha value is -2.24. The second-order valence-corrected chi connectivity index (χ2v) is 5.57. The van der Waals surface area contributed by atoms with Gasteiger partial charge in [0, 0.05) is 24.4 Å². The van der Waals surface area contributed by atoms with E-state index in [1.807, 2.05) is 0 Å². The first-order valence-electron chi connectivity index (χ1n) is 7.58. The number of nitrogens with zero attached hydrogens (tertiary/aromatic N) is 2. The molecule has 1 saturated carbocycles. The van der Waals surface area contributed by atoms with Crippen molar-refractivity contribution in [2.75, 3.05) is 0 Å². The summed E-state index contributed by atoms with van der Waals surface area (Å²) >= 11 is 0. The molecule has 0 bridgehead atoms. The summed E-state index contributed by atoms with van der Waals surface area (Å²) in [6.45, 7) is 0. The molecule has 1 amide bonds. The van der Waals surface area contributed by atoms with E-state index in [4.69, 9.17) is 4.52 Å². The average molecular weight is 303 g/mol. The van der Waals surface area contributed by atoms with Crippen LogP contribution in [0.25, 0.3) is 11.4 Å². The van der Waals surface area contributed by atoms with Crippen LogP contribution in [-0.2, 0) is 11.2 Å². The van der Waals surface area contributed by atoms with E-state index in [-0.39, 0.29) is 11.7 Å². The molecule has 116 valence electrons. The minimum absolute atomic E-state index is 0.0115. The predicted molar refractivity (Wildman–Crippen MR) is 78.4 cm³/mol. The Balaban J connectivity index is 1.54. The molecular weight excluding hydrogens is 285 g/mol. The number of benzene rings is 1. The lowest BCUT2D eigenvalue weighted by Crippen LogP contribution is -2.32. The lowest BCUT2D eigenvalue weighted by Gasteiger charge is -2.10. The Morgan fingerprint density at radius 1 is 1.36 bits per heavy atom. The van der Waals surface area contributed by atoms with E-state index in [0.29, 0.717) is 36.2 Å². The molecule has 1 aromatic carbocycles. The Kier molecular flexibility index (Phi) is 4.46. The van der Waals surface area contributed by atoms with Gasteiger partial charge < -0.3 is 9.84 Å². The van der Waals surface area contributed by atoms with E-state index >= 15 is 0 Å². The summed E-state index contributed by atoms with van der Waals surface area (Å²) in [4.78, 5) is 16.0. The van der Waals surface area contributed by atoms with Crippen molar-refractivity contribution in [2.24, 2.45) is 0 Å². The normalized spacial score (nSPS) is 15.1. The quantitative estimate of drug-likeness (QED) is 0.922. The summed E-state index contributed by atoms with van der Waals surface area (Å²) in [6, 6.07) is 6.33. The minimum Gasteiger partial charge on any atom is -0.353 e. The molecule has 1 aromatic heterocycles. The van der Waals surface area contributed by atoms with Gasteiger partial charge >= 0.3 is 0 Å². The number of amides is 1. The topological polar surface area (TPSA) is 68.0 Å². The first-order chi connectivity index (χ1) is 10.7. The van der Waals surface area contributed by atoms with E-state index in [2.05, 4.69) is 15.5 Å². The zero-order valence-corrected chi connectivity index (χ0v) is 12.2. The number of nitrogens with one attached hydrogen (secondary N) is 1. The number of carbonyl (C=O) groups is 1. The van der Waals surface area contributed by atoms with Crippen LogP contribution in [0.2, 0.25) is 0 Å². The van der Waals surface area contributed by atoms with Gasteiger partial charge in [0.1, 0.15) is 5.82 Å². The standard InChI is InChI=1S/C16H18FN3O2/c17-12-5-3-4-11(10-12)16-19-15(22-20-16)9-8-14(21)18-13-6-1-2-7-13/h3-5,10,13H,1-2,6-9H2,(H,18,21). The molecule has 1 aliphatic carbocycles. The van der Waals surface area contributed by atoms with Crippen LogP contribution in [0, 0.1) is 5.82 Å². The fraction of sp³-hybridized carbons (Fsp3) is 0.438. The first-order valence-corrected chi connectivity index (χ1v) is 7.58. The van der Waals surface area contributed by atoms with Gasteiger partial charge in [0.05, 0.1) is 0 Å². The Morgan fingerprint density at radius 3 is 2.95 bits per heavy atom. The van der Waals surface area contributed by atoms with Gasteiger partial charge in [-0.3, -0.25) is 4.79 Å². The van der Waals surface area contributed by atoms with Crippen LogP contribution >= 0.6 is 0 Å². The van der Waals surface area contributed by atoms with E-state index in [0.717, 1.165) is 12.8 Å². The van der Waals surface area contributed by atoms with Gasteiger partial charge in [0.2, 0.25) is 17.6 Å². The summed E-state index contributed by atoms with van der Waals surface area (Å²) < 4.78 is 18.3. The molecule has 22 heavy (non-hydrogen) atoms. The minimum atomic E-state index is -0.347. The van der Waals surface area contributed by atoms with Gasteiger partial charge in [-0.2, -0.15) is 4.98 Å². The molecule has 6 heteroatoms. The number of aromatic nitrogens is 2. The Morgan fingerprint density at radius 2 is 2.18 bits per heavy atom. The van der Waals surface area contributed by atoms with E-state index < -0.39 is 0 Å². The summed E-state index contributed by atoms with van der Waals surface area (Å²) in [7, 11) is 0. The third-order valence-corrected chi connectivity index (χ3v) is 3.84. The molecule has 0 atom stereocenters. The number of halogens is 1. The maximum Gasteiger partial charge on any atom is 0.227 e. The summed E-state index contributed by atoms with van der Waals surface area (Å²) in [5.74, 6) is 0.392. The van der Waals surface area contributed by atoms with E-state index in [1.165, 1.54) is 25.0 Å². The van der Waals surface area contributed by atoms with Crippen LogP contribution in [0.4, 0.5) is 4.39 Å². The molecule has 3 rings (SSSR count). The number of aryl methyl sites for hydroxylation is 1. The lowest BCUT2D eigenvalue weighted by molar-refractivity contribution is -0.121. The summed E-state index contributed by atoms with van der Waals surface area (Å²) in [6.07, 6.45) is 5.21. The van der Waals surface area contributed by atoms with Gasteiger partial charge in [0.25, 0.3) is 0 Å². The van der Waals surface area contributed by atoms with Gasteiger partial charge in [0.15, 0.2) is 0 Å². The first kappa shape index (κ1) is 14.7. The molecule has 0 radical (unpaired) electrons. The highest BCUT2D eigenvalue weighted by Crippen LogP contribution is 2.19. The highest BCUT2D eigenvalue weighted by Gasteiger charge is 2.17. The van der Waals surface area contributed by atoms with Crippen molar-refractivity contribution < 1.29 is 13.7 Å². The molecule has 5 nitrogen and oxygen atoms in total. The smallest absolute Gasteiger partial charge is 0.227 e. The number of rotatable bonds is 5. The van der Waals surface area contributed by atoms with Crippen LogP contribution < -0.4 is 5.32 Å². The summed E-state index contributed by atoms with van der Waals surface area (Å²) in [5.41, 5.74) is 0.561. The number of carbonyl (C=O) groups excluding carboxylic acids is 1. The number of hydrogen-bond acceptors (Lipinski definition) is 4. The molecule has 1 aliphatic rings.